The quantitative estimate of drug-likeness (QED) is 0.0129. The number of halogens is 3. The van der Waals surface area contributed by atoms with Crippen LogP contribution in [0.15, 0.2) is 228 Å². The molecule has 0 unspecified atom stereocenters. The molecular weight excluding hydrogens is 1860 g/mol. The Bertz CT molecular complexity index is 5670. The Kier molecular flexibility index (Phi) is 45.0. The van der Waals surface area contributed by atoms with Crippen LogP contribution in [-0.4, -0.2) is 166 Å². The summed E-state index contributed by atoms with van der Waals surface area (Å²) in [6.07, 6.45) is 20.9. The van der Waals surface area contributed by atoms with E-state index in [1.807, 2.05) is 114 Å². The number of benzene rings is 7. The zero-order valence-electron chi connectivity index (χ0n) is 69.5. The van der Waals surface area contributed by atoms with Crippen LogP contribution in [0.5, 0.6) is 0 Å². The average Bonchev–Trinajstić information content (AvgIpc) is 1.65. The number of ether oxygens (including phenoxy) is 2. The average molecular weight is 1940 g/mol. The van der Waals surface area contributed by atoms with Crippen molar-refractivity contribution in [2.45, 2.75) is 75.6 Å². The molecule has 37 heteroatoms. The molecule has 0 spiro atoms. The normalized spacial score (nSPS) is 12.2. The van der Waals surface area contributed by atoms with Crippen LogP contribution in [0, 0.1) is 34.0 Å². The van der Waals surface area contributed by atoms with E-state index in [1.165, 1.54) is 60.4 Å². The maximum atomic E-state index is 12.9. The number of carboxylic acid groups (broad SMARTS) is 1. The van der Waals surface area contributed by atoms with Gasteiger partial charge < -0.3 is 51.7 Å². The molecule has 6 aromatic heterocycles. The number of aromatic carboxylic acids is 1. The Balaban J connectivity index is 0.000000269. The molecule has 13 aromatic rings. The number of aromatic amines is 1. The maximum Gasteiger partial charge on any atom is 1.00 e. The number of hydrogen-bond donors (Lipinski definition) is 6. The number of alkyl halides is 1. The summed E-state index contributed by atoms with van der Waals surface area (Å²) in [5.74, 6) is -1.71. The van der Waals surface area contributed by atoms with Crippen molar-refractivity contribution < 1.29 is 163 Å². The van der Waals surface area contributed by atoms with Gasteiger partial charge in [0.25, 0.3) is 12.4 Å². The van der Waals surface area contributed by atoms with Crippen LogP contribution >= 0.6 is 70.5 Å². The first-order chi connectivity index (χ1) is 58.3. The molecule has 123 heavy (non-hydrogen) atoms. The van der Waals surface area contributed by atoms with Gasteiger partial charge in [-0.15, -0.1) is 22.7 Å². The minimum absolute atomic E-state index is 0. The molecule has 6 heterocycles. The van der Waals surface area contributed by atoms with Gasteiger partial charge in [-0.05, 0) is 222 Å². The van der Waals surface area contributed by atoms with Crippen molar-refractivity contribution in [1.29, 1.82) is 15.8 Å². The van der Waals surface area contributed by atoms with Gasteiger partial charge in [0.15, 0.2) is 10.3 Å². The van der Waals surface area contributed by atoms with E-state index in [0.29, 0.717) is 75.7 Å². The number of nitrogens with two attached hydrogens (primary N) is 1. The number of rotatable bonds is 18. The molecule has 2 aliphatic rings. The van der Waals surface area contributed by atoms with Gasteiger partial charge in [-0.2, -0.15) is 36.2 Å². The van der Waals surface area contributed by atoms with Crippen LogP contribution < -0.4 is 125 Å². The Morgan fingerprint density at radius 3 is 1.41 bits per heavy atom. The predicted octanol–water partition coefficient (Wildman–Crippen LogP) is 6.72. The summed E-state index contributed by atoms with van der Waals surface area (Å²) in [6.45, 7) is 1.49. The van der Waals surface area contributed by atoms with Crippen molar-refractivity contribution in [3.8, 4) is 40.5 Å². The number of aryl methyl sites for hydroxylation is 2. The molecule has 2 atom stereocenters. The van der Waals surface area contributed by atoms with Crippen molar-refractivity contribution >= 4 is 124 Å². The van der Waals surface area contributed by atoms with E-state index >= 15 is 0 Å². The zero-order valence-corrected chi connectivity index (χ0v) is 81.1. The number of anilines is 2. The van der Waals surface area contributed by atoms with E-state index in [4.69, 9.17) is 46.7 Å². The van der Waals surface area contributed by atoms with Crippen LogP contribution in [0.2, 0.25) is 0 Å². The maximum absolute atomic E-state index is 12.9. The van der Waals surface area contributed by atoms with Crippen molar-refractivity contribution in [2.24, 2.45) is 0 Å². The summed E-state index contributed by atoms with van der Waals surface area (Å²) in [5, 5.41) is 85.3. The summed E-state index contributed by atoms with van der Waals surface area (Å²) < 4.78 is 16.6. The Labute approximate surface area is 831 Å². The SMILES string of the molecule is Brc1cn[nH]c1.CN(C)[C@H]1CCc2nc(N)sc2C1.CN(C)[C@H]1CCc2nc(NC(=O)c3cccc(Cn4cc(-c5ccc(C#N)cc5)cn4)c3)sc2C1.COC(=O)c1cccc(CBr)c1.COC(=O)c1cccc(Cn2cc(Br)cn2)c1.N#Cc1ccc(-c2cnn(Cc3cccc(C(=O)O)c3)c2)cc1.N#Cc1ccc(B(O)O)cc1.O=CO[O-].[H-].[K+].[K+]. The summed E-state index contributed by atoms with van der Waals surface area (Å²) in [4.78, 5) is 73.8. The number of likely N-dealkylation sites (N-methyl/N-ethyl adjacent to an activating group) is 2. The fourth-order valence-electron chi connectivity index (χ4n) is 11.9. The van der Waals surface area contributed by atoms with Gasteiger partial charge in [0, 0.05) is 68.6 Å². The molecule has 7 N–H and O–H groups in total. The number of esters is 2. The number of fused-ring (bicyclic) bond motifs is 2. The van der Waals surface area contributed by atoms with Crippen LogP contribution in [0.4, 0.5) is 10.3 Å². The van der Waals surface area contributed by atoms with Gasteiger partial charge in [-0.25, -0.2) is 24.4 Å². The first-order valence-corrected chi connectivity index (χ1v) is 41.3. The van der Waals surface area contributed by atoms with E-state index in [9.17, 15) is 19.2 Å². The van der Waals surface area contributed by atoms with E-state index in [0.717, 1.165) is 102 Å². The van der Waals surface area contributed by atoms with Crippen LogP contribution in [-0.2, 0) is 69.8 Å². The summed E-state index contributed by atoms with van der Waals surface area (Å²) in [6, 6.07) is 57.2. The first kappa shape index (κ1) is 103. The molecule has 7 aromatic carbocycles. The number of carboxylic acids is 1. The molecule has 0 bridgehead atoms. The topological polar surface area (TPSA) is 421 Å². The molecule has 0 saturated heterocycles. The van der Waals surface area contributed by atoms with Gasteiger partial charge >= 0.3 is 128 Å². The van der Waals surface area contributed by atoms with Crippen molar-refractivity contribution in [3.63, 3.8) is 0 Å². The number of hydrogen-bond acceptors (Lipinski definition) is 25. The summed E-state index contributed by atoms with van der Waals surface area (Å²) in [7, 11) is 9.80. The molecule has 0 fully saturated rings. The van der Waals surface area contributed by atoms with E-state index in [2.05, 4.69) is 153 Å². The number of nitrogens with zero attached hydrogens (tertiary/aromatic N) is 14. The number of methoxy groups -OCH3 is 2. The van der Waals surface area contributed by atoms with Gasteiger partial charge in [-0.3, -0.25) is 34.0 Å². The third-order valence-electron chi connectivity index (χ3n) is 18.2. The monoisotopic (exact) mass is 1940 g/mol. The van der Waals surface area contributed by atoms with Crippen molar-refractivity contribution in [1.82, 2.24) is 59.3 Å². The van der Waals surface area contributed by atoms with Crippen LogP contribution in [0.3, 0.4) is 0 Å². The predicted molar refractivity (Wildman–Crippen MR) is 471 cm³/mol. The Morgan fingerprint density at radius 1 is 0.602 bits per heavy atom. The second-order valence-electron chi connectivity index (χ2n) is 27.0. The Hall–Kier alpha value is -9.16. The van der Waals surface area contributed by atoms with Gasteiger partial charge in [0.05, 0.1) is 131 Å². The molecule has 15 rings (SSSR count). The standard InChI is InChI=1S/C27H26N6OS.C18H13N3O2.C12H11BrN2O2.C9H9BrO2.C9H15N3S.C7H6BNO2.C3H3BrN2.CH2O3.2K.H/c1-32(2)23-10-11-24-25(13-23)35-27(30-24)31-26(34)21-5-3-4-19(12-21)16-33-17-22(15-29-33)20-8-6-18(14-28)7-9-20;19-9-13-4-6-15(7-5-13)17-10-20-21(12-17)11-14-2-1-3-16(8-14)18(22)23;1-17-12(16)10-4-2-3-9(5-10)7-15-8-11(13)6-14-15;1-12-9(11)8-4-2-3-7(5-8)6-10;1-12(2)6-3-4-7-8(5-6)13-9(10)11-7;9-5-6-1-3-7(4-2-6)8(10)11;4-3-1-5-6-2-3;2-1-4-3;;;/h3-9,12,15,17,23H,10-11,13,16H2,1-2H3,(H,30,31,34);1-8,10,12H,11H2,(H,22,23);2-6,8H,7H2,1H3;2-5H,6H2,1H3;6H,3-5H2,1-2H3,(H2,10,11);1-4,10-11H;1-2H,(H,5,6);1,3H;;;/q;;;;;;;;2*+1;-1/p-1/t23-;;;;6-;;;;;;/m0...0....../s1. The van der Waals surface area contributed by atoms with Gasteiger partial charge in [-0.1, -0.05) is 101 Å². The van der Waals surface area contributed by atoms with Gasteiger partial charge in [0.1, 0.15) is 0 Å². The molecule has 624 valence electrons. The van der Waals surface area contributed by atoms with E-state index < -0.39 is 13.1 Å². The first-order valence-electron chi connectivity index (χ1n) is 37.0. The summed E-state index contributed by atoms with van der Waals surface area (Å²) >= 11 is 13.1. The number of thiazole rings is 2. The Morgan fingerprint density at radius 2 is 1.02 bits per heavy atom. The second kappa shape index (κ2) is 53.9. The molecule has 2 aliphatic carbocycles. The minimum atomic E-state index is -1.46. The third kappa shape index (κ3) is 34.0. The molecule has 1 amide bonds. The molecule has 0 saturated carbocycles. The van der Waals surface area contributed by atoms with Crippen molar-refractivity contribution in [3.05, 3.63) is 311 Å². The minimum Gasteiger partial charge on any atom is -1.00 e. The number of aromatic nitrogens is 10. The van der Waals surface area contributed by atoms with Crippen LogP contribution in [0.25, 0.3) is 22.3 Å². The number of amides is 1. The number of nitriles is 3. The number of H-pyrrole nitrogens is 1. The van der Waals surface area contributed by atoms with E-state index in [1.54, 1.807) is 124 Å². The number of nitrogens with one attached hydrogen (secondary N) is 2. The smallest absolute Gasteiger partial charge is 1.00 e. The molecule has 0 radical (unpaired) electrons. The molecular formula is C86H85BBr3K2N17O12S2. The largest absolute Gasteiger partial charge is 1.00 e. The number of carbonyl (C=O) groups is 5. The fraction of sp³-hybridized carbons (Fsp3) is 0.209. The summed E-state index contributed by atoms with van der Waals surface area (Å²) in [5.41, 5.74) is 20.0. The number of carbonyl (C=O) groups excluding carboxylic acids is 4. The van der Waals surface area contributed by atoms with Crippen LogP contribution in [0.1, 0.15) is 116 Å². The van der Waals surface area contributed by atoms with Gasteiger partial charge in [0.2, 0.25) is 0 Å². The fourth-order valence-corrected chi connectivity index (χ4v) is 14.8. The van der Waals surface area contributed by atoms with Crippen molar-refractivity contribution in [2.75, 3.05) is 53.5 Å². The third-order valence-corrected chi connectivity index (χ3v) is 21.7. The molecule has 29 nitrogen and oxygen atoms in total. The second-order valence-corrected chi connectivity index (χ2v) is 31.6. The van der Waals surface area contributed by atoms with E-state index in [-0.39, 0.29) is 134 Å². The molecule has 0 aliphatic heterocycles. The zero-order chi connectivity index (χ0) is 87.3. The number of nitrogen functional groups attached to an aromatic ring is 1.